The zero-order valence-corrected chi connectivity index (χ0v) is 13.7. The molecule has 3 aromatic rings. The van der Waals surface area contributed by atoms with E-state index in [4.69, 9.17) is 9.47 Å². The first-order chi connectivity index (χ1) is 11.5. The van der Waals surface area contributed by atoms with Gasteiger partial charge in [0.25, 0.3) is 0 Å². The van der Waals surface area contributed by atoms with Crippen LogP contribution in [0.15, 0.2) is 47.4 Å². The molecule has 0 spiro atoms. The fourth-order valence-electron chi connectivity index (χ4n) is 2.64. The number of rotatable bonds is 4. The molecule has 2 aromatic carbocycles. The number of nitrogens with one attached hydrogen (secondary N) is 1. The van der Waals surface area contributed by atoms with Crippen LogP contribution >= 0.6 is 0 Å². The largest absolute Gasteiger partial charge is 0.454 e. The third-order valence-corrected chi connectivity index (χ3v) is 5.35. The van der Waals surface area contributed by atoms with Gasteiger partial charge >= 0.3 is 0 Å². The molecule has 0 saturated heterocycles. The highest BCUT2D eigenvalue weighted by molar-refractivity contribution is 7.89. The predicted octanol–water partition coefficient (Wildman–Crippen LogP) is 1.78. The molecular formula is C16H15N3O4S. The Morgan fingerprint density at radius 2 is 1.96 bits per heavy atom. The van der Waals surface area contributed by atoms with Gasteiger partial charge in [0.1, 0.15) is 5.82 Å². The zero-order valence-electron chi connectivity index (χ0n) is 12.9. The van der Waals surface area contributed by atoms with Crippen LogP contribution in [0.25, 0.3) is 11.0 Å². The van der Waals surface area contributed by atoms with Crippen molar-refractivity contribution in [3.63, 3.8) is 0 Å². The van der Waals surface area contributed by atoms with Gasteiger partial charge < -0.3 is 14.0 Å². The lowest BCUT2D eigenvalue weighted by molar-refractivity contribution is 0.174. The molecule has 0 saturated carbocycles. The van der Waals surface area contributed by atoms with E-state index >= 15 is 0 Å². The summed E-state index contributed by atoms with van der Waals surface area (Å²) in [4.78, 5) is 4.59. The summed E-state index contributed by atoms with van der Waals surface area (Å²) in [7, 11) is -1.81. The lowest BCUT2D eigenvalue weighted by atomic mass is 10.3. The van der Waals surface area contributed by atoms with Crippen LogP contribution < -0.4 is 14.2 Å². The molecule has 1 aromatic heterocycles. The van der Waals surface area contributed by atoms with Crippen molar-refractivity contribution < 1.29 is 17.9 Å². The van der Waals surface area contributed by atoms with Crippen molar-refractivity contribution in [3.8, 4) is 11.5 Å². The van der Waals surface area contributed by atoms with Gasteiger partial charge in [0.15, 0.2) is 11.5 Å². The van der Waals surface area contributed by atoms with E-state index < -0.39 is 10.0 Å². The van der Waals surface area contributed by atoms with Gasteiger partial charge in [-0.1, -0.05) is 12.1 Å². The second-order valence-corrected chi connectivity index (χ2v) is 7.18. The van der Waals surface area contributed by atoms with Crippen molar-refractivity contribution in [1.82, 2.24) is 14.3 Å². The van der Waals surface area contributed by atoms with Crippen LogP contribution in [0.2, 0.25) is 0 Å². The van der Waals surface area contributed by atoms with E-state index in [1.54, 1.807) is 6.07 Å². The van der Waals surface area contributed by atoms with Crippen LogP contribution in [0.3, 0.4) is 0 Å². The molecule has 0 amide bonds. The Kier molecular flexibility index (Phi) is 3.43. The number of hydrogen-bond acceptors (Lipinski definition) is 5. The average molecular weight is 345 g/mol. The lowest BCUT2D eigenvalue weighted by Crippen LogP contribution is -2.24. The molecule has 2 heterocycles. The molecular weight excluding hydrogens is 330 g/mol. The molecule has 0 atom stereocenters. The first-order valence-corrected chi connectivity index (χ1v) is 8.82. The number of nitrogens with zero attached hydrogens (tertiary/aromatic N) is 2. The van der Waals surface area contributed by atoms with Crippen molar-refractivity contribution in [1.29, 1.82) is 0 Å². The molecule has 0 fully saturated rings. The molecule has 1 aliphatic heterocycles. The molecule has 8 heteroatoms. The minimum absolute atomic E-state index is 0.0992. The van der Waals surface area contributed by atoms with Gasteiger partial charge in [0.2, 0.25) is 16.8 Å². The number of fused-ring (bicyclic) bond motifs is 2. The summed E-state index contributed by atoms with van der Waals surface area (Å²) in [6, 6.07) is 12.2. The van der Waals surface area contributed by atoms with Crippen molar-refractivity contribution >= 4 is 21.1 Å². The van der Waals surface area contributed by atoms with Crippen molar-refractivity contribution in [3.05, 3.63) is 48.3 Å². The summed E-state index contributed by atoms with van der Waals surface area (Å²) in [5.74, 6) is 1.62. The number of aromatic nitrogens is 2. The minimum atomic E-state index is -3.67. The molecule has 4 rings (SSSR count). The smallest absolute Gasteiger partial charge is 0.241 e. The van der Waals surface area contributed by atoms with Crippen molar-refractivity contribution in [2.75, 3.05) is 6.79 Å². The Balaban J connectivity index is 1.59. The van der Waals surface area contributed by atoms with Gasteiger partial charge in [-0.3, -0.25) is 0 Å². The number of para-hydroxylation sites is 2. The second-order valence-electron chi connectivity index (χ2n) is 5.42. The van der Waals surface area contributed by atoms with Gasteiger partial charge in [-0.05, 0) is 24.3 Å². The summed E-state index contributed by atoms with van der Waals surface area (Å²) in [5, 5.41) is 0. The van der Waals surface area contributed by atoms with Crippen molar-refractivity contribution in [2.24, 2.45) is 7.05 Å². The highest BCUT2D eigenvalue weighted by Gasteiger charge is 2.20. The molecule has 0 unspecified atom stereocenters. The standard InChI is InChI=1S/C16H15N3O4S/c1-19-13-5-3-2-4-12(13)18-16(19)9-17-24(20,21)11-6-7-14-15(8-11)23-10-22-14/h2-8,17H,9-10H2,1H3. The number of sulfonamides is 1. The molecule has 24 heavy (non-hydrogen) atoms. The van der Waals surface area contributed by atoms with E-state index in [1.165, 1.54) is 12.1 Å². The van der Waals surface area contributed by atoms with Crippen LogP contribution in [0.5, 0.6) is 11.5 Å². The van der Waals surface area contributed by atoms with Crippen LogP contribution in [0, 0.1) is 0 Å². The van der Waals surface area contributed by atoms with E-state index in [9.17, 15) is 8.42 Å². The Morgan fingerprint density at radius 3 is 2.79 bits per heavy atom. The minimum Gasteiger partial charge on any atom is -0.454 e. The van der Waals surface area contributed by atoms with Crippen LogP contribution in [-0.2, 0) is 23.6 Å². The molecule has 1 N–H and O–H groups in total. The van der Waals surface area contributed by atoms with E-state index in [0.29, 0.717) is 17.3 Å². The van der Waals surface area contributed by atoms with Crippen molar-refractivity contribution in [2.45, 2.75) is 11.4 Å². The van der Waals surface area contributed by atoms with Gasteiger partial charge in [-0.2, -0.15) is 0 Å². The quantitative estimate of drug-likeness (QED) is 0.779. The van der Waals surface area contributed by atoms with Crippen LogP contribution in [0.4, 0.5) is 0 Å². The van der Waals surface area contributed by atoms with E-state index in [-0.39, 0.29) is 18.2 Å². The van der Waals surface area contributed by atoms with E-state index in [2.05, 4.69) is 9.71 Å². The predicted molar refractivity (Wildman–Crippen MR) is 87.3 cm³/mol. The third kappa shape index (κ3) is 2.49. The topological polar surface area (TPSA) is 82.5 Å². The lowest BCUT2D eigenvalue weighted by Gasteiger charge is -2.07. The van der Waals surface area contributed by atoms with Gasteiger partial charge in [0.05, 0.1) is 22.5 Å². The molecule has 1 aliphatic rings. The Labute approximate surface area is 138 Å². The summed E-state index contributed by atoms with van der Waals surface area (Å²) in [6.45, 7) is 0.202. The Hall–Kier alpha value is -2.58. The monoisotopic (exact) mass is 345 g/mol. The summed E-state index contributed by atoms with van der Waals surface area (Å²) in [5.41, 5.74) is 1.78. The summed E-state index contributed by atoms with van der Waals surface area (Å²) >= 11 is 0. The normalized spacial score (nSPS) is 13.5. The maximum Gasteiger partial charge on any atom is 0.241 e. The summed E-state index contributed by atoms with van der Waals surface area (Å²) in [6.07, 6.45) is 0. The maximum atomic E-state index is 12.5. The van der Waals surface area contributed by atoms with Gasteiger partial charge in [-0.15, -0.1) is 0 Å². The summed E-state index contributed by atoms with van der Waals surface area (Å²) < 4.78 is 39.8. The maximum absolute atomic E-state index is 12.5. The number of hydrogen-bond donors (Lipinski definition) is 1. The molecule has 7 nitrogen and oxygen atoms in total. The first-order valence-electron chi connectivity index (χ1n) is 7.34. The SMILES string of the molecule is Cn1c(CNS(=O)(=O)c2ccc3c(c2)OCO3)nc2ccccc21. The average Bonchev–Trinajstić information content (AvgIpc) is 3.17. The van der Waals surface area contributed by atoms with Crippen LogP contribution in [-0.4, -0.2) is 24.8 Å². The molecule has 0 bridgehead atoms. The van der Waals surface area contributed by atoms with Crippen LogP contribution in [0.1, 0.15) is 5.82 Å². The Bertz CT molecular complexity index is 1030. The fraction of sp³-hybridized carbons (Fsp3) is 0.188. The molecule has 0 aliphatic carbocycles. The molecule has 124 valence electrons. The first kappa shape index (κ1) is 15.0. The number of benzene rings is 2. The number of ether oxygens (including phenoxy) is 2. The highest BCUT2D eigenvalue weighted by atomic mass is 32.2. The zero-order chi connectivity index (χ0) is 16.7. The Morgan fingerprint density at radius 1 is 1.17 bits per heavy atom. The number of aryl methyl sites for hydroxylation is 1. The second kappa shape index (κ2) is 5.50. The van der Waals surface area contributed by atoms with Gasteiger partial charge in [0, 0.05) is 13.1 Å². The number of imidazole rings is 1. The van der Waals surface area contributed by atoms with E-state index in [1.807, 2.05) is 35.9 Å². The fourth-order valence-corrected chi connectivity index (χ4v) is 3.64. The van der Waals surface area contributed by atoms with E-state index in [0.717, 1.165) is 11.0 Å². The molecule has 0 radical (unpaired) electrons. The third-order valence-electron chi connectivity index (χ3n) is 3.95. The highest BCUT2D eigenvalue weighted by Crippen LogP contribution is 2.33. The van der Waals surface area contributed by atoms with Gasteiger partial charge in [-0.25, -0.2) is 18.1 Å².